The second-order valence-electron chi connectivity index (χ2n) is 7.08. The van der Waals surface area contributed by atoms with E-state index in [1.54, 1.807) is 11.8 Å². The van der Waals surface area contributed by atoms with E-state index >= 15 is 0 Å². The normalized spacial score (nSPS) is 21.8. The van der Waals surface area contributed by atoms with Gasteiger partial charge in [-0.1, -0.05) is 31.1 Å². The van der Waals surface area contributed by atoms with Crippen molar-refractivity contribution in [2.24, 2.45) is 5.41 Å². The number of aromatic nitrogens is 4. The predicted octanol–water partition coefficient (Wildman–Crippen LogP) is 2.34. The smallest absolute Gasteiger partial charge is 0.248 e. The first kappa shape index (κ1) is 14.9. The van der Waals surface area contributed by atoms with Gasteiger partial charge in [-0.2, -0.15) is 4.68 Å². The number of hydrogen-bond acceptors (Lipinski definition) is 6. The van der Waals surface area contributed by atoms with Gasteiger partial charge in [0, 0.05) is 17.7 Å². The molecule has 4 rings (SSSR count). The average Bonchev–Trinajstić information content (AvgIpc) is 3.00. The summed E-state index contributed by atoms with van der Waals surface area (Å²) in [4.78, 5) is 12.9. The van der Waals surface area contributed by atoms with Crippen molar-refractivity contribution in [1.29, 1.82) is 0 Å². The summed E-state index contributed by atoms with van der Waals surface area (Å²) in [6, 6.07) is 7.38. The van der Waals surface area contributed by atoms with Crippen LogP contribution in [-0.4, -0.2) is 33.1 Å². The van der Waals surface area contributed by atoms with Gasteiger partial charge in [-0.25, -0.2) is 0 Å². The Balaban J connectivity index is 1.86. The molecule has 1 atom stereocenters. The number of carbonyl (C=O) groups is 1. The van der Waals surface area contributed by atoms with Crippen molar-refractivity contribution in [3.8, 4) is 5.75 Å². The summed E-state index contributed by atoms with van der Waals surface area (Å²) in [5.41, 5.74) is 2.59. The van der Waals surface area contributed by atoms with Crippen LogP contribution in [0.25, 0.3) is 0 Å². The zero-order chi connectivity index (χ0) is 16.9. The maximum atomic E-state index is 12.9. The highest BCUT2D eigenvalue weighted by atomic mass is 16.5. The number of carbonyl (C=O) groups excluding carboxylic acids is 1. The molecular weight excluding hydrogens is 306 g/mol. The lowest BCUT2D eigenvalue weighted by Gasteiger charge is -2.37. The van der Waals surface area contributed by atoms with Crippen LogP contribution in [0.15, 0.2) is 35.5 Å². The van der Waals surface area contributed by atoms with Crippen molar-refractivity contribution < 1.29 is 9.53 Å². The molecule has 0 saturated carbocycles. The zero-order valence-electron chi connectivity index (χ0n) is 13.9. The van der Waals surface area contributed by atoms with E-state index in [4.69, 9.17) is 4.74 Å². The maximum Gasteiger partial charge on any atom is 0.248 e. The summed E-state index contributed by atoms with van der Waals surface area (Å²) in [5, 5.41) is 15.2. The standard InChI is InChI=1S/C17H19N5O2/c1-17(2)8-12-14(13(23)9-17)15(22-16(18-12)19-20-21-22)10-4-6-11(24-3)7-5-10/h4-7,15H,8-9H2,1-3H3,(H,18,19,21). The number of nitrogens with one attached hydrogen (secondary N) is 1. The molecule has 0 fully saturated rings. The number of benzene rings is 1. The van der Waals surface area contributed by atoms with Crippen molar-refractivity contribution in [3.05, 3.63) is 41.1 Å². The molecule has 24 heavy (non-hydrogen) atoms. The molecule has 1 N–H and O–H groups in total. The summed E-state index contributed by atoms with van der Waals surface area (Å²) >= 11 is 0. The SMILES string of the molecule is COc1ccc(C2C3=C(CC(C)(C)CC3=O)Nc3nnnn32)cc1. The minimum absolute atomic E-state index is 0.0665. The van der Waals surface area contributed by atoms with Crippen LogP contribution < -0.4 is 10.1 Å². The molecule has 2 aromatic rings. The van der Waals surface area contributed by atoms with Gasteiger partial charge < -0.3 is 10.1 Å². The van der Waals surface area contributed by atoms with Crippen LogP contribution in [0.3, 0.4) is 0 Å². The van der Waals surface area contributed by atoms with E-state index in [9.17, 15) is 4.79 Å². The van der Waals surface area contributed by atoms with Gasteiger partial charge in [0.05, 0.1) is 7.11 Å². The Kier molecular flexibility index (Phi) is 3.19. The van der Waals surface area contributed by atoms with Crippen LogP contribution in [0.1, 0.15) is 38.3 Å². The number of ketones is 1. The molecule has 0 saturated heterocycles. The topological polar surface area (TPSA) is 81.9 Å². The number of tetrazole rings is 1. The molecule has 0 radical (unpaired) electrons. The number of Topliss-reactive ketones (excluding diaryl/α,β-unsaturated/α-hetero) is 1. The van der Waals surface area contributed by atoms with Crippen molar-refractivity contribution >= 4 is 11.7 Å². The van der Waals surface area contributed by atoms with Gasteiger partial charge in [0.2, 0.25) is 5.95 Å². The minimum Gasteiger partial charge on any atom is -0.497 e. The van der Waals surface area contributed by atoms with Crippen LogP contribution in [0.5, 0.6) is 5.75 Å². The summed E-state index contributed by atoms with van der Waals surface area (Å²) in [6.45, 7) is 4.21. The number of methoxy groups -OCH3 is 1. The van der Waals surface area contributed by atoms with Gasteiger partial charge in [-0.05, 0) is 40.0 Å². The number of allylic oxidation sites excluding steroid dienone is 2. The van der Waals surface area contributed by atoms with Crippen molar-refractivity contribution in [1.82, 2.24) is 20.2 Å². The summed E-state index contributed by atoms with van der Waals surface area (Å²) in [5.74, 6) is 1.49. The largest absolute Gasteiger partial charge is 0.497 e. The molecule has 1 unspecified atom stereocenters. The van der Waals surface area contributed by atoms with Crippen molar-refractivity contribution in [2.45, 2.75) is 32.7 Å². The fraction of sp³-hybridized carbons (Fsp3) is 0.412. The lowest BCUT2D eigenvalue weighted by atomic mass is 9.73. The Labute approximate surface area is 139 Å². The number of rotatable bonds is 2. The third-order valence-corrected chi connectivity index (χ3v) is 4.63. The average molecular weight is 325 g/mol. The molecule has 1 aliphatic carbocycles. The fourth-order valence-corrected chi connectivity index (χ4v) is 3.56. The first-order valence-corrected chi connectivity index (χ1v) is 7.93. The second-order valence-corrected chi connectivity index (χ2v) is 7.08. The van der Waals surface area contributed by atoms with Crippen LogP contribution in [0.4, 0.5) is 5.95 Å². The Morgan fingerprint density at radius 2 is 2.00 bits per heavy atom. The third-order valence-electron chi connectivity index (χ3n) is 4.63. The summed E-state index contributed by atoms with van der Waals surface area (Å²) < 4.78 is 6.91. The zero-order valence-corrected chi connectivity index (χ0v) is 13.9. The Hall–Kier alpha value is -2.70. The lowest BCUT2D eigenvalue weighted by molar-refractivity contribution is -0.118. The lowest BCUT2D eigenvalue weighted by Crippen LogP contribution is -2.36. The van der Waals surface area contributed by atoms with E-state index in [0.717, 1.165) is 29.0 Å². The third kappa shape index (κ3) is 2.28. The van der Waals surface area contributed by atoms with E-state index in [1.807, 2.05) is 24.3 Å². The van der Waals surface area contributed by atoms with Crippen LogP contribution >= 0.6 is 0 Å². The van der Waals surface area contributed by atoms with E-state index in [0.29, 0.717) is 12.4 Å². The molecule has 2 heterocycles. The first-order chi connectivity index (χ1) is 11.5. The molecule has 1 aromatic heterocycles. The number of hydrogen-bond donors (Lipinski definition) is 1. The fourth-order valence-electron chi connectivity index (χ4n) is 3.56. The Morgan fingerprint density at radius 1 is 1.25 bits per heavy atom. The monoisotopic (exact) mass is 325 g/mol. The quantitative estimate of drug-likeness (QED) is 0.912. The highest BCUT2D eigenvalue weighted by Crippen LogP contribution is 2.45. The molecule has 1 aliphatic heterocycles. The molecule has 0 amide bonds. The number of fused-ring (bicyclic) bond motifs is 1. The van der Waals surface area contributed by atoms with Gasteiger partial charge in [-0.3, -0.25) is 4.79 Å². The Morgan fingerprint density at radius 3 is 2.71 bits per heavy atom. The molecule has 7 nitrogen and oxygen atoms in total. The molecule has 124 valence electrons. The maximum absolute atomic E-state index is 12.9. The van der Waals surface area contributed by atoms with Crippen molar-refractivity contribution in [3.63, 3.8) is 0 Å². The molecule has 2 aliphatic rings. The van der Waals surface area contributed by atoms with Gasteiger partial charge in [0.1, 0.15) is 11.8 Å². The predicted molar refractivity (Wildman–Crippen MR) is 87.6 cm³/mol. The number of anilines is 1. The van der Waals surface area contributed by atoms with Gasteiger partial charge in [0.15, 0.2) is 5.78 Å². The van der Waals surface area contributed by atoms with Crippen LogP contribution in [0, 0.1) is 5.41 Å². The van der Waals surface area contributed by atoms with Crippen LogP contribution in [0.2, 0.25) is 0 Å². The van der Waals surface area contributed by atoms with E-state index in [2.05, 4.69) is 34.7 Å². The summed E-state index contributed by atoms with van der Waals surface area (Å²) in [7, 11) is 1.63. The van der Waals surface area contributed by atoms with E-state index in [-0.39, 0.29) is 17.2 Å². The molecule has 0 spiro atoms. The summed E-state index contributed by atoms with van der Waals surface area (Å²) in [6.07, 6.45) is 1.32. The van der Waals surface area contributed by atoms with Crippen molar-refractivity contribution in [2.75, 3.05) is 12.4 Å². The first-order valence-electron chi connectivity index (χ1n) is 7.93. The van der Waals surface area contributed by atoms with E-state index in [1.165, 1.54) is 0 Å². The van der Waals surface area contributed by atoms with Gasteiger partial charge in [-0.15, -0.1) is 0 Å². The minimum atomic E-state index is -0.305. The highest BCUT2D eigenvalue weighted by molar-refractivity contribution is 6.00. The van der Waals surface area contributed by atoms with Gasteiger partial charge >= 0.3 is 0 Å². The van der Waals surface area contributed by atoms with E-state index < -0.39 is 0 Å². The highest BCUT2D eigenvalue weighted by Gasteiger charge is 2.41. The van der Waals surface area contributed by atoms with Gasteiger partial charge in [0.25, 0.3) is 0 Å². The molecule has 1 aromatic carbocycles. The second kappa shape index (κ2) is 5.15. The Bertz CT molecular complexity index is 835. The molecular formula is C17H19N5O2. The van der Waals surface area contributed by atoms with Crippen LogP contribution in [-0.2, 0) is 4.79 Å². The molecule has 0 bridgehead atoms. The molecule has 7 heteroatoms. The number of nitrogens with zero attached hydrogens (tertiary/aromatic N) is 4. The number of ether oxygens (including phenoxy) is 1.